The van der Waals surface area contributed by atoms with Gasteiger partial charge in [0, 0.05) is 28.7 Å². The minimum absolute atomic E-state index is 0.164. The molecule has 0 fully saturated rings. The number of carbonyl (C=O) groups is 1. The molecule has 2 aromatic carbocycles. The van der Waals surface area contributed by atoms with E-state index in [2.05, 4.69) is 21.2 Å². The number of nitro groups is 2. The van der Waals surface area contributed by atoms with Crippen molar-refractivity contribution in [3.63, 3.8) is 0 Å². The highest BCUT2D eigenvalue weighted by Gasteiger charge is 2.14. The summed E-state index contributed by atoms with van der Waals surface area (Å²) in [4.78, 5) is 32.6. The smallest absolute Gasteiger partial charge is 0.270 e. The molecule has 2 aromatic rings. The molecule has 1 amide bonds. The third-order valence-corrected chi connectivity index (χ3v) is 3.82. The van der Waals surface area contributed by atoms with E-state index in [9.17, 15) is 30.3 Å². The van der Waals surface area contributed by atoms with Crippen molar-refractivity contribution >= 4 is 45.0 Å². The molecule has 130 valence electrons. The van der Waals surface area contributed by atoms with Gasteiger partial charge in [0.1, 0.15) is 11.6 Å². The van der Waals surface area contributed by atoms with Crippen molar-refractivity contribution < 1.29 is 14.6 Å². The number of hydrogen-bond acceptors (Lipinski definition) is 6. The minimum Gasteiger partial charge on any atom is -0.320 e. The van der Waals surface area contributed by atoms with E-state index >= 15 is 0 Å². The van der Waals surface area contributed by atoms with Crippen LogP contribution in [0.3, 0.4) is 0 Å². The summed E-state index contributed by atoms with van der Waals surface area (Å²) in [7, 11) is 0. The van der Waals surface area contributed by atoms with Gasteiger partial charge in [0.15, 0.2) is 0 Å². The number of non-ortho nitro benzene ring substituents is 2. The average Bonchev–Trinajstić information content (AvgIpc) is 2.61. The monoisotopic (exact) mass is 416 g/mol. The van der Waals surface area contributed by atoms with Crippen LogP contribution in [0.4, 0.5) is 17.1 Å². The van der Waals surface area contributed by atoms with E-state index in [1.807, 2.05) is 0 Å². The summed E-state index contributed by atoms with van der Waals surface area (Å²) in [6.07, 6.45) is 1.21. The van der Waals surface area contributed by atoms with E-state index in [-0.39, 0.29) is 27.1 Å². The van der Waals surface area contributed by atoms with Crippen LogP contribution in [0, 0.1) is 31.6 Å². The maximum atomic E-state index is 12.2. The molecular formula is C16H9BrN4O5. The average molecular weight is 417 g/mol. The van der Waals surface area contributed by atoms with Gasteiger partial charge in [0.2, 0.25) is 0 Å². The summed E-state index contributed by atoms with van der Waals surface area (Å²) in [6.45, 7) is 0. The van der Waals surface area contributed by atoms with E-state index in [1.54, 1.807) is 6.07 Å². The SMILES string of the molecule is N#CC(=Cc1cccc([N+](=O)[O-])c1)C(=O)Nc1ccc([N+](=O)[O-])cc1Br. The number of benzene rings is 2. The van der Waals surface area contributed by atoms with E-state index < -0.39 is 15.8 Å². The summed E-state index contributed by atoms with van der Waals surface area (Å²) < 4.78 is 0.271. The van der Waals surface area contributed by atoms with Crippen LogP contribution in [0.2, 0.25) is 0 Å². The van der Waals surface area contributed by atoms with Crippen molar-refractivity contribution in [2.45, 2.75) is 0 Å². The van der Waals surface area contributed by atoms with Gasteiger partial charge in [0.05, 0.1) is 15.5 Å². The molecule has 0 spiro atoms. The fraction of sp³-hybridized carbons (Fsp3) is 0. The first kappa shape index (κ1) is 18.8. The Morgan fingerprint density at radius 1 is 1.12 bits per heavy atom. The Morgan fingerprint density at radius 3 is 2.35 bits per heavy atom. The van der Waals surface area contributed by atoms with Gasteiger partial charge in [0.25, 0.3) is 17.3 Å². The van der Waals surface area contributed by atoms with Crippen LogP contribution in [-0.4, -0.2) is 15.8 Å². The number of halogens is 1. The van der Waals surface area contributed by atoms with Crippen LogP contribution in [0.25, 0.3) is 6.08 Å². The van der Waals surface area contributed by atoms with Gasteiger partial charge in [-0.2, -0.15) is 5.26 Å². The first-order valence-corrected chi connectivity index (χ1v) is 7.72. The predicted molar refractivity (Wildman–Crippen MR) is 96.1 cm³/mol. The maximum Gasteiger partial charge on any atom is 0.270 e. The van der Waals surface area contributed by atoms with Crippen LogP contribution in [-0.2, 0) is 4.79 Å². The van der Waals surface area contributed by atoms with Crippen molar-refractivity contribution in [3.05, 3.63) is 78.3 Å². The summed E-state index contributed by atoms with van der Waals surface area (Å²) in [5, 5.41) is 33.1. The third-order valence-electron chi connectivity index (χ3n) is 3.17. The summed E-state index contributed by atoms with van der Waals surface area (Å²) >= 11 is 3.11. The van der Waals surface area contributed by atoms with Crippen molar-refractivity contribution in [2.75, 3.05) is 5.32 Å². The number of hydrogen-bond donors (Lipinski definition) is 1. The van der Waals surface area contributed by atoms with Crippen LogP contribution in [0.5, 0.6) is 0 Å². The fourth-order valence-corrected chi connectivity index (χ4v) is 2.42. The van der Waals surface area contributed by atoms with E-state index in [4.69, 9.17) is 0 Å². The zero-order valence-electron chi connectivity index (χ0n) is 12.9. The normalized spacial score (nSPS) is 10.7. The lowest BCUT2D eigenvalue weighted by Crippen LogP contribution is -2.13. The van der Waals surface area contributed by atoms with Crippen molar-refractivity contribution in [1.82, 2.24) is 0 Å². The Bertz CT molecular complexity index is 981. The van der Waals surface area contributed by atoms with E-state index in [1.165, 1.54) is 48.5 Å². The van der Waals surface area contributed by atoms with Crippen molar-refractivity contribution in [3.8, 4) is 6.07 Å². The standard InChI is InChI=1S/C16H9BrN4O5/c17-14-8-13(21(25)26)4-5-15(14)19-16(22)11(9-18)6-10-2-1-3-12(7-10)20(23)24/h1-8H,(H,19,22). The number of rotatable bonds is 5. The van der Waals surface area contributed by atoms with E-state index in [0.29, 0.717) is 5.56 Å². The molecule has 0 saturated carbocycles. The Kier molecular flexibility index (Phi) is 5.77. The highest BCUT2D eigenvalue weighted by Crippen LogP contribution is 2.27. The molecule has 26 heavy (non-hydrogen) atoms. The summed E-state index contributed by atoms with van der Waals surface area (Å²) in [5.41, 5.74) is -0.0673. The molecule has 0 aliphatic heterocycles. The maximum absolute atomic E-state index is 12.2. The van der Waals surface area contributed by atoms with E-state index in [0.717, 1.165) is 0 Å². The number of nitrogens with one attached hydrogen (secondary N) is 1. The first-order chi connectivity index (χ1) is 12.3. The topological polar surface area (TPSA) is 139 Å². The second-order valence-electron chi connectivity index (χ2n) is 4.90. The number of nitro benzene ring substituents is 2. The minimum atomic E-state index is -0.756. The molecule has 2 rings (SSSR count). The number of amides is 1. The lowest BCUT2D eigenvalue weighted by Gasteiger charge is -2.06. The predicted octanol–water partition coefficient (Wildman–Crippen LogP) is 3.81. The fourth-order valence-electron chi connectivity index (χ4n) is 1.95. The number of carbonyl (C=O) groups excluding carboxylic acids is 1. The number of nitrogens with zero attached hydrogens (tertiary/aromatic N) is 3. The molecule has 0 atom stereocenters. The highest BCUT2D eigenvalue weighted by molar-refractivity contribution is 9.10. The van der Waals surface area contributed by atoms with Gasteiger partial charge in [-0.15, -0.1) is 0 Å². The molecule has 0 radical (unpaired) electrons. The lowest BCUT2D eigenvalue weighted by atomic mass is 10.1. The molecule has 10 heteroatoms. The zero-order chi connectivity index (χ0) is 19.3. The summed E-state index contributed by atoms with van der Waals surface area (Å²) in [5.74, 6) is -0.756. The Labute approximate surface area is 155 Å². The lowest BCUT2D eigenvalue weighted by molar-refractivity contribution is -0.385. The molecule has 9 nitrogen and oxygen atoms in total. The van der Waals surface area contributed by atoms with Crippen molar-refractivity contribution in [2.24, 2.45) is 0 Å². The molecule has 0 heterocycles. The Hall–Kier alpha value is -3.58. The second-order valence-corrected chi connectivity index (χ2v) is 5.75. The van der Waals surface area contributed by atoms with Crippen LogP contribution in [0.1, 0.15) is 5.56 Å². The molecule has 0 aliphatic carbocycles. The number of nitriles is 1. The highest BCUT2D eigenvalue weighted by atomic mass is 79.9. The summed E-state index contributed by atoms with van der Waals surface area (Å²) in [6, 6.07) is 10.9. The number of anilines is 1. The molecule has 0 aliphatic rings. The molecular weight excluding hydrogens is 408 g/mol. The molecule has 0 bridgehead atoms. The van der Waals surface area contributed by atoms with Gasteiger partial charge < -0.3 is 5.32 Å². The first-order valence-electron chi connectivity index (χ1n) is 6.93. The van der Waals surface area contributed by atoms with Crippen LogP contribution in [0.15, 0.2) is 52.5 Å². The third kappa shape index (κ3) is 4.49. The second kappa shape index (κ2) is 8.00. The van der Waals surface area contributed by atoms with Gasteiger partial charge in [-0.25, -0.2) is 0 Å². The zero-order valence-corrected chi connectivity index (χ0v) is 14.5. The van der Waals surface area contributed by atoms with Gasteiger partial charge in [-0.1, -0.05) is 12.1 Å². The van der Waals surface area contributed by atoms with Gasteiger partial charge >= 0.3 is 0 Å². The van der Waals surface area contributed by atoms with Crippen molar-refractivity contribution in [1.29, 1.82) is 5.26 Å². The van der Waals surface area contributed by atoms with Crippen LogP contribution < -0.4 is 5.32 Å². The molecule has 0 aromatic heterocycles. The Morgan fingerprint density at radius 2 is 1.77 bits per heavy atom. The molecule has 0 saturated heterocycles. The van der Waals surface area contributed by atoms with Gasteiger partial charge in [-0.05, 0) is 33.6 Å². The van der Waals surface area contributed by atoms with Gasteiger partial charge in [-0.3, -0.25) is 25.0 Å². The largest absolute Gasteiger partial charge is 0.320 e. The molecule has 1 N–H and O–H groups in total. The Balaban J connectivity index is 2.27. The van der Waals surface area contributed by atoms with Crippen LogP contribution >= 0.6 is 15.9 Å². The molecule has 0 unspecified atom stereocenters. The quantitative estimate of drug-likeness (QED) is 0.340.